The van der Waals surface area contributed by atoms with E-state index in [-0.39, 0.29) is 17.9 Å². The minimum atomic E-state index is -0.235. The molecule has 1 atom stereocenters. The second-order valence-electron chi connectivity index (χ2n) is 8.66. The molecule has 1 unspecified atom stereocenters. The third-order valence-corrected chi connectivity index (χ3v) is 7.42. The maximum Gasteiger partial charge on any atom is 0.225 e. The van der Waals surface area contributed by atoms with Crippen LogP contribution < -0.4 is 19.1 Å². The fourth-order valence-corrected chi connectivity index (χ4v) is 5.69. The highest BCUT2D eigenvalue weighted by molar-refractivity contribution is 8.00. The number of amides is 1. The van der Waals surface area contributed by atoms with E-state index in [0.29, 0.717) is 26.3 Å². The van der Waals surface area contributed by atoms with Gasteiger partial charge in [0.1, 0.15) is 29.2 Å². The average Bonchev–Trinajstić information content (AvgIpc) is 3.31. The van der Waals surface area contributed by atoms with E-state index in [9.17, 15) is 9.90 Å². The third kappa shape index (κ3) is 6.97. The summed E-state index contributed by atoms with van der Waals surface area (Å²) in [5.41, 5.74) is 1.82. The van der Waals surface area contributed by atoms with Gasteiger partial charge in [-0.1, -0.05) is 42.1 Å². The SMILES string of the molecule is COc1ccc(OCCCN(CCO)CCOc2ccccc2)c(C2Sc3ccccc3N2C(C)=O)c1. The first-order valence-electron chi connectivity index (χ1n) is 12.5. The van der Waals surface area contributed by atoms with Crippen molar-refractivity contribution in [1.82, 2.24) is 4.90 Å². The number of hydrogen-bond donors (Lipinski definition) is 1. The zero-order valence-corrected chi connectivity index (χ0v) is 22.2. The molecule has 196 valence electrons. The molecule has 1 aliphatic rings. The van der Waals surface area contributed by atoms with Crippen molar-refractivity contribution in [2.45, 2.75) is 23.6 Å². The molecule has 0 fully saturated rings. The van der Waals surface area contributed by atoms with Gasteiger partial charge < -0.3 is 19.3 Å². The summed E-state index contributed by atoms with van der Waals surface area (Å²) in [6.45, 7) is 4.81. The molecule has 8 heteroatoms. The Balaban J connectivity index is 1.38. The van der Waals surface area contributed by atoms with E-state index in [1.807, 2.05) is 77.7 Å². The van der Waals surface area contributed by atoms with E-state index in [4.69, 9.17) is 14.2 Å². The van der Waals surface area contributed by atoms with Gasteiger partial charge in [-0.2, -0.15) is 0 Å². The number of anilines is 1. The second-order valence-corrected chi connectivity index (χ2v) is 9.78. The van der Waals surface area contributed by atoms with Crippen molar-refractivity contribution in [2.75, 3.05) is 51.5 Å². The zero-order chi connectivity index (χ0) is 26.0. The molecule has 1 amide bonds. The number of rotatable bonds is 13. The van der Waals surface area contributed by atoms with E-state index in [1.54, 1.807) is 25.8 Å². The lowest BCUT2D eigenvalue weighted by molar-refractivity contribution is -0.116. The Bertz CT molecular complexity index is 1160. The van der Waals surface area contributed by atoms with Gasteiger partial charge in [-0.15, -0.1) is 0 Å². The molecule has 1 N–H and O–H groups in total. The fraction of sp³-hybridized carbons (Fsp3) is 0.345. The van der Waals surface area contributed by atoms with Crippen LogP contribution in [-0.2, 0) is 4.79 Å². The first kappa shape index (κ1) is 26.9. The Hall–Kier alpha value is -3.20. The van der Waals surface area contributed by atoms with Crippen molar-refractivity contribution in [2.24, 2.45) is 0 Å². The third-order valence-electron chi connectivity index (χ3n) is 6.13. The molecule has 0 bridgehead atoms. The molecule has 37 heavy (non-hydrogen) atoms. The van der Waals surface area contributed by atoms with Gasteiger partial charge in [-0.05, 0) is 48.9 Å². The van der Waals surface area contributed by atoms with E-state index in [0.717, 1.165) is 46.4 Å². The van der Waals surface area contributed by atoms with Crippen molar-refractivity contribution in [3.63, 3.8) is 0 Å². The summed E-state index contributed by atoms with van der Waals surface area (Å²) in [5, 5.41) is 9.24. The second kappa shape index (κ2) is 13.4. The summed E-state index contributed by atoms with van der Waals surface area (Å²) < 4.78 is 17.5. The number of thioether (sulfide) groups is 1. The smallest absolute Gasteiger partial charge is 0.225 e. The quantitative estimate of drug-likeness (QED) is 0.317. The number of hydrogen-bond acceptors (Lipinski definition) is 7. The van der Waals surface area contributed by atoms with Crippen LogP contribution in [0.5, 0.6) is 17.2 Å². The summed E-state index contributed by atoms with van der Waals surface area (Å²) in [4.78, 5) is 17.7. The molecule has 1 aliphatic heterocycles. The van der Waals surface area contributed by atoms with Crippen molar-refractivity contribution >= 4 is 23.4 Å². The first-order valence-corrected chi connectivity index (χ1v) is 13.4. The van der Waals surface area contributed by atoms with Gasteiger partial charge in [0, 0.05) is 37.0 Å². The van der Waals surface area contributed by atoms with Crippen LogP contribution in [0.2, 0.25) is 0 Å². The van der Waals surface area contributed by atoms with E-state index in [1.165, 1.54) is 0 Å². The summed E-state index contributed by atoms with van der Waals surface area (Å²) in [6, 6.07) is 23.4. The molecule has 0 aromatic heterocycles. The monoisotopic (exact) mass is 522 g/mol. The number of methoxy groups -OCH3 is 1. The normalized spacial score (nSPS) is 14.5. The molecule has 3 aromatic carbocycles. The topological polar surface area (TPSA) is 71.5 Å². The van der Waals surface area contributed by atoms with Gasteiger partial charge in [-0.25, -0.2) is 0 Å². The summed E-state index contributed by atoms with van der Waals surface area (Å²) in [7, 11) is 1.64. The molecular formula is C29H34N2O5S. The molecule has 0 aliphatic carbocycles. The van der Waals surface area contributed by atoms with Gasteiger partial charge in [0.05, 0.1) is 26.0 Å². The standard InChI is InChI=1S/C29H34N2O5S/c1-22(33)31-26-11-6-7-12-28(26)37-29(31)25-21-24(34-2)13-14-27(25)36-19-8-15-30(16-18-32)17-20-35-23-9-4-3-5-10-23/h3-7,9-14,21,29,32H,8,15-20H2,1-2H3. The van der Waals surface area contributed by atoms with Crippen LogP contribution in [0, 0.1) is 0 Å². The highest BCUT2D eigenvalue weighted by Crippen LogP contribution is 2.53. The van der Waals surface area contributed by atoms with E-state index in [2.05, 4.69) is 4.90 Å². The molecule has 1 heterocycles. The molecule has 0 saturated carbocycles. The van der Waals surface area contributed by atoms with Crippen LogP contribution >= 0.6 is 11.8 Å². The molecule has 3 aromatic rings. The molecular weight excluding hydrogens is 488 g/mol. The highest BCUT2D eigenvalue weighted by Gasteiger charge is 2.35. The Morgan fingerprint density at radius 1 is 0.946 bits per heavy atom. The Kier molecular flexibility index (Phi) is 9.71. The number of carbonyl (C=O) groups is 1. The molecule has 0 spiro atoms. The predicted molar refractivity (Wildman–Crippen MR) is 147 cm³/mol. The van der Waals surface area contributed by atoms with Crippen molar-refractivity contribution in [3.8, 4) is 17.2 Å². The van der Waals surface area contributed by atoms with E-state index >= 15 is 0 Å². The zero-order valence-electron chi connectivity index (χ0n) is 21.3. The summed E-state index contributed by atoms with van der Waals surface area (Å²) >= 11 is 1.64. The number of aliphatic hydroxyl groups excluding tert-OH is 1. The van der Waals surface area contributed by atoms with Gasteiger partial charge in [0.2, 0.25) is 5.91 Å². The van der Waals surface area contributed by atoms with Crippen molar-refractivity contribution in [1.29, 1.82) is 0 Å². The van der Waals surface area contributed by atoms with Crippen LogP contribution in [0.4, 0.5) is 5.69 Å². The summed E-state index contributed by atoms with van der Waals surface area (Å²) in [5.74, 6) is 2.27. The molecule has 0 radical (unpaired) electrons. The number of fused-ring (bicyclic) bond motifs is 1. The van der Waals surface area contributed by atoms with Gasteiger partial charge in [0.15, 0.2) is 0 Å². The van der Waals surface area contributed by atoms with Crippen LogP contribution in [0.1, 0.15) is 24.3 Å². The maximum absolute atomic E-state index is 12.6. The minimum absolute atomic E-state index is 0.0198. The largest absolute Gasteiger partial charge is 0.497 e. The Morgan fingerprint density at radius 3 is 2.49 bits per heavy atom. The minimum Gasteiger partial charge on any atom is -0.497 e. The van der Waals surface area contributed by atoms with E-state index < -0.39 is 0 Å². The Morgan fingerprint density at radius 2 is 1.73 bits per heavy atom. The number of aliphatic hydroxyl groups is 1. The lowest BCUT2D eigenvalue weighted by atomic mass is 10.1. The van der Waals surface area contributed by atoms with Crippen LogP contribution in [-0.4, -0.2) is 62.5 Å². The van der Waals surface area contributed by atoms with Crippen LogP contribution in [0.15, 0.2) is 77.7 Å². The number of carbonyl (C=O) groups excluding carboxylic acids is 1. The number of ether oxygens (including phenoxy) is 3. The predicted octanol–water partition coefficient (Wildman–Crippen LogP) is 4.99. The van der Waals surface area contributed by atoms with Crippen molar-refractivity contribution in [3.05, 3.63) is 78.4 Å². The number of benzene rings is 3. The van der Waals surface area contributed by atoms with Crippen LogP contribution in [0.25, 0.3) is 0 Å². The lowest BCUT2D eigenvalue weighted by Gasteiger charge is -2.26. The fourth-order valence-electron chi connectivity index (χ4n) is 4.33. The Labute approximate surface area is 222 Å². The number of nitrogens with zero attached hydrogens (tertiary/aromatic N) is 2. The van der Waals surface area contributed by atoms with Gasteiger partial charge in [0.25, 0.3) is 0 Å². The van der Waals surface area contributed by atoms with Crippen LogP contribution in [0.3, 0.4) is 0 Å². The van der Waals surface area contributed by atoms with Crippen molar-refractivity contribution < 1.29 is 24.1 Å². The average molecular weight is 523 g/mol. The molecule has 7 nitrogen and oxygen atoms in total. The van der Waals surface area contributed by atoms with Gasteiger partial charge >= 0.3 is 0 Å². The summed E-state index contributed by atoms with van der Waals surface area (Å²) in [6.07, 6.45) is 0.783. The molecule has 0 saturated heterocycles. The first-order chi connectivity index (χ1) is 18.1. The highest BCUT2D eigenvalue weighted by atomic mass is 32.2. The number of para-hydroxylation sites is 2. The molecule has 4 rings (SSSR count). The lowest BCUT2D eigenvalue weighted by Crippen LogP contribution is -2.33. The maximum atomic E-state index is 12.6. The van der Waals surface area contributed by atoms with Gasteiger partial charge in [-0.3, -0.25) is 14.6 Å².